The number of halogens is 3. The van der Waals surface area contributed by atoms with E-state index in [9.17, 15) is 27.6 Å². The third-order valence-corrected chi connectivity index (χ3v) is 8.10. The van der Waals surface area contributed by atoms with Gasteiger partial charge in [0.15, 0.2) is 0 Å². The molecule has 0 saturated heterocycles. The normalized spacial score (nSPS) is 14.9. The zero-order valence-electron chi connectivity index (χ0n) is 23.7. The summed E-state index contributed by atoms with van der Waals surface area (Å²) in [5.74, 6) is -0.454. The van der Waals surface area contributed by atoms with Crippen molar-refractivity contribution in [1.29, 1.82) is 0 Å². The van der Waals surface area contributed by atoms with Crippen molar-refractivity contribution in [3.63, 3.8) is 0 Å². The highest BCUT2D eigenvalue weighted by atomic mass is 19.4. The van der Waals surface area contributed by atoms with Gasteiger partial charge in [-0.3, -0.25) is 14.4 Å². The van der Waals surface area contributed by atoms with E-state index in [1.165, 1.54) is 12.1 Å². The van der Waals surface area contributed by atoms with Crippen LogP contribution in [0.15, 0.2) is 97.1 Å². The largest absolute Gasteiger partial charge is 0.416 e. The fourth-order valence-corrected chi connectivity index (χ4v) is 5.49. The number of nitrogens with zero attached hydrogens (tertiary/aromatic N) is 1. The van der Waals surface area contributed by atoms with E-state index in [1.54, 1.807) is 59.5 Å². The van der Waals surface area contributed by atoms with Gasteiger partial charge in [0, 0.05) is 29.9 Å². The third-order valence-electron chi connectivity index (χ3n) is 8.10. The summed E-state index contributed by atoms with van der Waals surface area (Å²) in [5, 5.41) is 5.83. The molecule has 0 aromatic heterocycles. The molecular formula is C35H30F3N3O3. The number of alkyl halides is 3. The highest BCUT2D eigenvalue weighted by Crippen LogP contribution is 2.35. The number of benzene rings is 4. The van der Waals surface area contributed by atoms with Gasteiger partial charge in [-0.25, -0.2) is 0 Å². The molecule has 3 amide bonds. The molecule has 224 valence electrons. The van der Waals surface area contributed by atoms with Crippen molar-refractivity contribution in [2.75, 3.05) is 18.0 Å². The predicted molar refractivity (Wildman–Crippen MR) is 161 cm³/mol. The van der Waals surface area contributed by atoms with E-state index in [0.29, 0.717) is 58.9 Å². The minimum absolute atomic E-state index is 0.263. The van der Waals surface area contributed by atoms with Gasteiger partial charge in [0.1, 0.15) is 6.04 Å². The van der Waals surface area contributed by atoms with Gasteiger partial charge in [0.2, 0.25) is 5.91 Å². The van der Waals surface area contributed by atoms with E-state index in [-0.39, 0.29) is 11.8 Å². The van der Waals surface area contributed by atoms with Gasteiger partial charge in [-0.2, -0.15) is 13.2 Å². The van der Waals surface area contributed by atoms with E-state index in [0.717, 1.165) is 30.5 Å². The van der Waals surface area contributed by atoms with Crippen molar-refractivity contribution in [3.05, 3.63) is 125 Å². The van der Waals surface area contributed by atoms with Crippen LogP contribution in [0.1, 0.15) is 56.3 Å². The lowest BCUT2D eigenvalue weighted by Gasteiger charge is -2.21. The molecule has 0 radical (unpaired) electrons. The second-order valence-corrected chi connectivity index (χ2v) is 11.2. The topological polar surface area (TPSA) is 78.5 Å². The van der Waals surface area contributed by atoms with Crippen LogP contribution in [0.4, 0.5) is 18.9 Å². The van der Waals surface area contributed by atoms with E-state index in [1.807, 2.05) is 18.2 Å². The van der Waals surface area contributed by atoms with Crippen LogP contribution in [-0.4, -0.2) is 30.8 Å². The van der Waals surface area contributed by atoms with Crippen molar-refractivity contribution in [2.45, 2.75) is 31.5 Å². The average Bonchev–Trinajstić information content (AvgIpc) is 3.78. The fourth-order valence-electron chi connectivity index (χ4n) is 5.49. The van der Waals surface area contributed by atoms with Gasteiger partial charge in [-0.1, -0.05) is 60.7 Å². The fraction of sp³-hybridized carbons (Fsp3) is 0.229. The van der Waals surface area contributed by atoms with E-state index < -0.39 is 23.7 Å². The summed E-state index contributed by atoms with van der Waals surface area (Å²) in [5.41, 5.74) is 3.17. The number of carbonyl (C=O) groups is 3. The molecule has 0 unspecified atom stereocenters. The molecule has 0 bridgehead atoms. The molecule has 1 saturated carbocycles. The summed E-state index contributed by atoms with van der Waals surface area (Å²) in [6.45, 7) is 0.972. The molecule has 2 aliphatic rings. The van der Waals surface area contributed by atoms with Crippen LogP contribution < -0.4 is 15.5 Å². The Hall–Kier alpha value is -4.92. The summed E-state index contributed by atoms with van der Waals surface area (Å²) < 4.78 is 39.3. The molecule has 2 N–H and O–H groups in total. The maximum absolute atomic E-state index is 13.8. The highest BCUT2D eigenvalue weighted by Gasteiger charge is 2.32. The molecule has 1 atom stereocenters. The number of hydrogen-bond acceptors (Lipinski definition) is 3. The van der Waals surface area contributed by atoms with Crippen LogP contribution in [0.2, 0.25) is 0 Å². The third kappa shape index (κ3) is 6.22. The van der Waals surface area contributed by atoms with Crippen LogP contribution >= 0.6 is 0 Å². The molecule has 4 aromatic carbocycles. The number of anilines is 1. The standard InChI is InChI=1S/C35H30F3N3O3/c36-35(37,38)27-15-12-23(13-16-27)28-8-4-5-9-29(28)34(44)41-19-18-25-20-26(14-17-30(25)41)32(42)40-31(24-6-2-1-3-7-24)33(43)39-21-22-10-11-22/h1-9,12-17,20,22,31H,10-11,18-19,21H2,(H,39,43)(H,40,42)/t31-/m0/s1. The molecule has 1 aliphatic carbocycles. The lowest BCUT2D eigenvalue weighted by molar-refractivity contribution is -0.137. The van der Waals surface area contributed by atoms with Gasteiger partial charge in [0.25, 0.3) is 11.8 Å². The summed E-state index contributed by atoms with van der Waals surface area (Å²) in [7, 11) is 0. The van der Waals surface area contributed by atoms with Crippen molar-refractivity contribution < 1.29 is 27.6 Å². The lowest BCUT2D eigenvalue weighted by Crippen LogP contribution is -2.41. The molecule has 9 heteroatoms. The summed E-state index contributed by atoms with van der Waals surface area (Å²) in [4.78, 5) is 41.8. The van der Waals surface area contributed by atoms with Gasteiger partial charge >= 0.3 is 6.18 Å². The van der Waals surface area contributed by atoms with Gasteiger partial charge in [0.05, 0.1) is 5.56 Å². The lowest BCUT2D eigenvalue weighted by atomic mass is 9.97. The number of amides is 3. The monoisotopic (exact) mass is 597 g/mol. The number of hydrogen-bond donors (Lipinski definition) is 2. The van der Waals surface area contributed by atoms with Crippen molar-refractivity contribution in [3.8, 4) is 11.1 Å². The first-order valence-electron chi connectivity index (χ1n) is 14.5. The first-order chi connectivity index (χ1) is 21.2. The Bertz CT molecular complexity index is 1700. The van der Waals surface area contributed by atoms with Crippen LogP contribution in [0.3, 0.4) is 0 Å². The molecule has 4 aromatic rings. The Morgan fingerprint density at radius 3 is 2.27 bits per heavy atom. The predicted octanol–water partition coefficient (Wildman–Crippen LogP) is 6.57. The highest BCUT2D eigenvalue weighted by molar-refractivity contribution is 6.11. The van der Waals surface area contributed by atoms with Crippen molar-refractivity contribution >= 4 is 23.4 Å². The van der Waals surface area contributed by atoms with Gasteiger partial charge < -0.3 is 15.5 Å². The summed E-state index contributed by atoms with van der Waals surface area (Å²) >= 11 is 0. The van der Waals surface area contributed by atoms with Gasteiger partial charge in [-0.15, -0.1) is 0 Å². The summed E-state index contributed by atoms with van der Waals surface area (Å²) in [6, 6.07) is 24.9. The van der Waals surface area contributed by atoms with Crippen LogP contribution in [0, 0.1) is 5.92 Å². The first kappa shape index (κ1) is 29.2. The summed E-state index contributed by atoms with van der Waals surface area (Å²) in [6.07, 6.45) is -1.74. The Morgan fingerprint density at radius 2 is 1.57 bits per heavy atom. The zero-order valence-corrected chi connectivity index (χ0v) is 23.7. The second-order valence-electron chi connectivity index (χ2n) is 11.2. The average molecular weight is 598 g/mol. The van der Waals surface area contributed by atoms with Crippen molar-refractivity contribution in [2.24, 2.45) is 5.92 Å². The minimum atomic E-state index is -4.45. The van der Waals surface area contributed by atoms with Crippen molar-refractivity contribution in [1.82, 2.24) is 10.6 Å². The van der Waals surface area contributed by atoms with E-state index in [4.69, 9.17) is 0 Å². The second kappa shape index (κ2) is 12.0. The first-order valence-corrected chi connectivity index (χ1v) is 14.5. The van der Waals surface area contributed by atoms with Crippen LogP contribution in [0.25, 0.3) is 11.1 Å². The number of carbonyl (C=O) groups excluding carboxylic acids is 3. The molecule has 6 rings (SSSR count). The molecule has 6 nitrogen and oxygen atoms in total. The quantitative estimate of drug-likeness (QED) is 0.241. The Balaban J connectivity index is 1.20. The zero-order chi connectivity index (χ0) is 30.8. The van der Waals surface area contributed by atoms with E-state index >= 15 is 0 Å². The maximum atomic E-state index is 13.8. The smallest absolute Gasteiger partial charge is 0.354 e. The Morgan fingerprint density at radius 1 is 0.864 bits per heavy atom. The molecule has 1 heterocycles. The van der Waals surface area contributed by atoms with Crippen LogP contribution in [0.5, 0.6) is 0 Å². The minimum Gasteiger partial charge on any atom is -0.354 e. The SMILES string of the molecule is O=C(N[C@H](C(=O)NCC1CC1)c1ccccc1)c1ccc2c(c1)CCN2C(=O)c1ccccc1-c1ccc(C(F)(F)F)cc1. The maximum Gasteiger partial charge on any atom is 0.416 e. The molecule has 44 heavy (non-hydrogen) atoms. The number of fused-ring (bicyclic) bond motifs is 1. The molecule has 1 aliphatic heterocycles. The Kier molecular flexibility index (Phi) is 7.95. The number of rotatable bonds is 8. The Labute approximate surface area is 252 Å². The van der Waals surface area contributed by atoms with Gasteiger partial charge in [-0.05, 0) is 83.8 Å². The molecule has 1 fully saturated rings. The van der Waals surface area contributed by atoms with E-state index in [2.05, 4.69) is 10.6 Å². The van der Waals surface area contributed by atoms with Crippen LogP contribution in [-0.2, 0) is 17.4 Å². The molecule has 0 spiro atoms. The molecular weight excluding hydrogens is 567 g/mol. The number of nitrogens with one attached hydrogen (secondary N) is 2.